The summed E-state index contributed by atoms with van der Waals surface area (Å²) in [6, 6.07) is 1.79. The van der Waals surface area contributed by atoms with Crippen LogP contribution in [0.4, 0.5) is 0 Å². The van der Waals surface area contributed by atoms with E-state index < -0.39 is 0 Å². The Morgan fingerprint density at radius 2 is 2.00 bits per heavy atom. The molecule has 0 atom stereocenters. The monoisotopic (exact) mass is 293 g/mol. The number of hydrogen-bond acceptors (Lipinski definition) is 4. The van der Waals surface area contributed by atoms with E-state index in [0.29, 0.717) is 16.2 Å². The molecule has 0 radical (unpaired) electrons. The number of rotatable bonds is 3. The van der Waals surface area contributed by atoms with Crippen molar-refractivity contribution < 1.29 is 0 Å². The van der Waals surface area contributed by atoms with E-state index in [1.807, 2.05) is 25.3 Å². The first-order chi connectivity index (χ1) is 9.34. The molecule has 0 aliphatic rings. The Kier molecular flexibility index (Phi) is 3.89. The Hall–Kier alpha value is -1.76. The van der Waals surface area contributed by atoms with Crippen molar-refractivity contribution >= 4 is 12.2 Å². The van der Waals surface area contributed by atoms with Gasteiger partial charge in [0.25, 0.3) is 5.56 Å². The molecule has 2 heterocycles. The van der Waals surface area contributed by atoms with E-state index in [1.54, 1.807) is 6.07 Å². The van der Waals surface area contributed by atoms with Gasteiger partial charge in [-0.15, -0.1) is 0 Å². The number of H-pyrrole nitrogens is 2. The van der Waals surface area contributed by atoms with E-state index in [0.717, 1.165) is 18.7 Å². The molecular formula is C13H19N5OS. The highest BCUT2D eigenvalue weighted by Gasteiger charge is 2.20. The first kappa shape index (κ1) is 14.6. The molecule has 0 aromatic carbocycles. The Balaban J connectivity index is 2.64. The van der Waals surface area contributed by atoms with Crippen molar-refractivity contribution in [2.45, 2.75) is 46.1 Å². The fourth-order valence-corrected chi connectivity index (χ4v) is 2.13. The number of aromatic amines is 2. The minimum Gasteiger partial charge on any atom is -0.300 e. The average molecular weight is 293 g/mol. The van der Waals surface area contributed by atoms with Crippen molar-refractivity contribution in [2.24, 2.45) is 0 Å². The van der Waals surface area contributed by atoms with Crippen LogP contribution >= 0.6 is 12.2 Å². The van der Waals surface area contributed by atoms with E-state index in [1.165, 1.54) is 0 Å². The van der Waals surface area contributed by atoms with E-state index >= 15 is 0 Å². The minimum absolute atomic E-state index is 0.151. The van der Waals surface area contributed by atoms with Crippen LogP contribution in [0.15, 0.2) is 10.9 Å². The molecule has 2 rings (SSSR count). The smallest absolute Gasteiger partial charge is 0.275 e. The summed E-state index contributed by atoms with van der Waals surface area (Å²) in [4.78, 5) is 12.0. The molecule has 0 spiro atoms. The van der Waals surface area contributed by atoms with Gasteiger partial charge in [0.1, 0.15) is 0 Å². The Morgan fingerprint density at radius 1 is 1.30 bits per heavy atom. The first-order valence-electron chi connectivity index (χ1n) is 6.60. The molecule has 0 unspecified atom stereocenters. The standard InChI is InChI=1S/C13H19N5OS/c1-5-6-18-10(15-17-12(18)20)8-7-9(13(2,3)4)14-16-11(8)19/h7H,5-6H2,1-4H3,(H,16,19)(H,17,20). The number of nitrogens with zero attached hydrogens (tertiary/aromatic N) is 3. The second-order valence-electron chi connectivity index (χ2n) is 5.75. The van der Waals surface area contributed by atoms with Gasteiger partial charge in [-0.05, 0) is 24.7 Å². The van der Waals surface area contributed by atoms with Gasteiger partial charge in [-0.3, -0.25) is 9.89 Å². The summed E-state index contributed by atoms with van der Waals surface area (Å²) >= 11 is 5.20. The average Bonchev–Trinajstić information content (AvgIpc) is 2.71. The zero-order valence-corrected chi connectivity index (χ0v) is 13.0. The molecule has 0 saturated heterocycles. The van der Waals surface area contributed by atoms with Gasteiger partial charge in [0.05, 0.1) is 11.3 Å². The third kappa shape index (κ3) is 2.72. The zero-order chi connectivity index (χ0) is 14.9. The molecule has 0 bridgehead atoms. The van der Waals surface area contributed by atoms with Gasteiger partial charge in [-0.25, -0.2) is 5.10 Å². The van der Waals surface area contributed by atoms with E-state index in [-0.39, 0.29) is 11.0 Å². The van der Waals surface area contributed by atoms with Gasteiger partial charge >= 0.3 is 0 Å². The number of nitrogens with one attached hydrogen (secondary N) is 2. The summed E-state index contributed by atoms with van der Waals surface area (Å²) in [7, 11) is 0. The van der Waals surface area contributed by atoms with Crippen molar-refractivity contribution in [3.8, 4) is 11.4 Å². The first-order valence-corrected chi connectivity index (χ1v) is 7.01. The number of hydrogen-bond donors (Lipinski definition) is 2. The van der Waals surface area contributed by atoms with Crippen molar-refractivity contribution in [2.75, 3.05) is 0 Å². The van der Waals surface area contributed by atoms with Gasteiger partial charge in [0.15, 0.2) is 10.6 Å². The van der Waals surface area contributed by atoms with Crippen molar-refractivity contribution in [3.63, 3.8) is 0 Å². The lowest BCUT2D eigenvalue weighted by molar-refractivity contribution is 0.557. The van der Waals surface area contributed by atoms with E-state index in [9.17, 15) is 4.79 Å². The van der Waals surface area contributed by atoms with Crippen molar-refractivity contribution in [3.05, 3.63) is 26.9 Å². The Labute approximate surface area is 122 Å². The predicted molar refractivity (Wildman–Crippen MR) is 80.3 cm³/mol. The lowest BCUT2D eigenvalue weighted by Crippen LogP contribution is -2.21. The molecule has 2 aromatic heterocycles. The fourth-order valence-electron chi connectivity index (χ4n) is 1.91. The lowest BCUT2D eigenvalue weighted by Gasteiger charge is -2.17. The fraction of sp³-hybridized carbons (Fsp3) is 0.538. The van der Waals surface area contributed by atoms with Crippen LogP contribution in [0.3, 0.4) is 0 Å². The van der Waals surface area contributed by atoms with Crippen LogP contribution in [0.2, 0.25) is 0 Å². The topological polar surface area (TPSA) is 79.4 Å². The third-order valence-electron chi connectivity index (χ3n) is 3.02. The summed E-state index contributed by atoms with van der Waals surface area (Å²) in [6.45, 7) is 8.90. The second kappa shape index (κ2) is 5.32. The van der Waals surface area contributed by atoms with E-state index in [4.69, 9.17) is 12.2 Å². The SMILES string of the molecule is CCCn1c(-c2cc(C(C)(C)C)n[nH]c2=O)n[nH]c1=S. The molecule has 0 fully saturated rings. The van der Waals surface area contributed by atoms with Gasteiger partial charge in [0.2, 0.25) is 0 Å². The quantitative estimate of drug-likeness (QED) is 0.852. The van der Waals surface area contributed by atoms with Gasteiger partial charge in [-0.2, -0.15) is 10.2 Å². The highest BCUT2D eigenvalue weighted by Crippen LogP contribution is 2.22. The normalized spacial score (nSPS) is 11.8. The lowest BCUT2D eigenvalue weighted by atomic mass is 9.91. The predicted octanol–water partition coefficient (Wildman–Crippen LogP) is 2.40. The van der Waals surface area contributed by atoms with Gasteiger partial charge < -0.3 is 4.57 Å². The van der Waals surface area contributed by atoms with Crippen LogP contribution < -0.4 is 5.56 Å². The highest BCUT2D eigenvalue weighted by atomic mass is 32.1. The van der Waals surface area contributed by atoms with Crippen LogP contribution in [0.5, 0.6) is 0 Å². The van der Waals surface area contributed by atoms with Crippen molar-refractivity contribution in [1.29, 1.82) is 0 Å². The maximum atomic E-state index is 12.0. The van der Waals surface area contributed by atoms with Crippen molar-refractivity contribution in [1.82, 2.24) is 25.0 Å². The Bertz CT molecular complexity index is 719. The Morgan fingerprint density at radius 3 is 2.60 bits per heavy atom. The molecule has 0 saturated carbocycles. The molecule has 7 heteroatoms. The maximum absolute atomic E-state index is 12.0. The van der Waals surface area contributed by atoms with Gasteiger partial charge in [0, 0.05) is 12.0 Å². The molecular weight excluding hydrogens is 274 g/mol. The van der Waals surface area contributed by atoms with Crippen LogP contribution in [0.1, 0.15) is 39.8 Å². The molecule has 0 aliphatic heterocycles. The van der Waals surface area contributed by atoms with Crippen LogP contribution in [-0.2, 0) is 12.0 Å². The molecule has 2 N–H and O–H groups in total. The van der Waals surface area contributed by atoms with Crippen LogP contribution in [0, 0.1) is 4.77 Å². The minimum atomic E-state index is -0.260. The summed E-state index contributed by atoms with van der Waals surface area (Å²) < 4.78 is 2.36. The highest BCUT2D eigenvalue weighted by molar-refractivity contribution is 7.71. The molecule has 6 nitrogen and oxygen atoms in total. The van der Waals surface area contributed by atoms with E-state index in [2.05, 4.69) is 27.3 Å². The summed E-state index contributed by atoms with van der Waals surface area (Å²) in [5.41, 5.74) is 0.890. The second-order valence-corrected chi connectivity index (χ2v) is 6.14. The molecule has 20 heavy (non-hydrogen) atoms. The summed E-state index contributed by atoms with van der Waals surface area (Å²) in [5, 5.41) is 13.6. The molecule has 108 valence electrons. The van der Waals surface area contributed by atoms with Crippen LogP contribution in [0.25, 0.3) is 11.4 Å². The summed E-state index contributed by atoms with van der Waals surface area (Å²) in [5.74, 6) is 0.561. The largest absolute Gasteiger partial charge is 0.300 e. The van der Waals surface area contributed by atoms with Gasteiger partial charge in [-0.1, -0.05) is 27.7 Å². The van der Waals surface area contributed by atoms with Crippen LogP contribution in [-0.4, -0.2) is 25.0 Å². The third-order valence-corrected chi connectivity index (χ3v) is 3.33. The summed E-state index contributed by atoms with van der Waals surface area (Å²) in [6.07, 6.45) is 0.913. The molecule has 0 amide bonds. The molecule has 0 aliphatic carbocycles. The zero-order valence-electron chi connectivity index (χ0n) is 12.1. The molecule has 2 aromatic rings. The maximum Gasteiger partial charge on any atom is 0.275 e. The number of aromatic nitrogens is 5.